The summed E-state index contributed by atoms with van der Waals surface area (Å²) in [5.41, 5.74) is 2.77. The molecule has 0 heterocycles. The smallest absolute Gasteiger partial charge is 0.327 e. The van der Waals surface area contributed by atoms with Crippen LogP contribution in [0.2, 0.25) is 0 Å². The molecule has 0 aromatic heterocycles. The summed E-state index contributed by atoms with van der Waals surface area (Å²) in [6.07, 6.45) is 6.67. The van der Waals surface area contributed by atoms with Gasteiger partial charge in [0, 0.05) is 5.92 Å². The Kier molecular flexibility index (Phi) is 9.01. The van der Waals surface area contributed by atoms with Crippen LogP contribution in [-0.2, 0) is 4.52 Å². The van der Waals surface area contributed by atoms with Crippen LogP contribution in [0, 0.1) is 0 Å². The van der Waals surface area contributed by atoms with E-state index in [4.69, 9.17) is 14.3 Å². The van der Waals surface area contributed by atoms with Gasteiger partial charge in [-0.05, 0) is 24.0 Å². The Balaban J connectivity index is 1.76. The molecule has 0 amide bonds. The first-order valence-electron chi connectivity index (χ1n) is 8.68. The minimum atomic E-state index is -2.19. The number of hydrogen-bond acceptors (Lipinski definition) is 3. The third kappa shape index (κ3) is 7.11. The van der Waals surface area contributed by atoms with E-state index in [1.807, 2.05) is 0 Å². The van der Waals surface area contributed by atoms with E-state index >= 15 is 0 Å². The maximum Gasteiger partial charge on any atom is 0.327 e. The summed E-state index contributed by atoms with van der Waals surface area (Å²) < 4.78 is 4.78. The van der Waals surface area contributed by atoms with Crippen molar-refractivity contribution in [2.45, 2.75) is 44.4 Å². The molecule has 0 aliphatic carbocycles. The quantitative estimate of drug-likeness (QED) is 0.424. The lowest BCUT2D eigenvalue weighted by molar-refractivity contribution is 0.248. The van der Waals surface area contributed by atoms with Crippen LogP contribution >= 0.6 is 8.60 Å². The van der Waals surface area contributed by atoms with Crippen molar-refractivity contribution in [2.24, 2.45) is 0 Å². The van der Waals surface area contributed by atoms with Crippen molar-refractivity contribution in [3.8, 4) is 0 Å². The minimum absolute atomic E-state index is 0.440. The number of unbranched alkanes of at least 4 members (excludes halogenated alkanes) is 4. The molecule has 0 radical (unpaired) electrons. The van der Waals surface area contributed by atoms with Gasteiger partial charge < -0.3 is 14.3 Å². The van der Waals surface area contributed by atoms with Gasteiger partial charge in [-0.25, -0.2) is 0 Å². The highest BCUT2D eigenvalue weighted by Crippen LogP contribution is 2.30. The highest BCUT2D eigenvalue weighted by molar-refractivity contribution is 7.39. The van der Waals surface area contributed by atoms with Gasteiger partial charge >= 0.3 is 8.60 Å². The van der Waals surface area contributed by atoms with Crippen molar-refractivity contribution in [1.82, 2.24) is 0 Å². The maximum absolute atomic E-state index is 8.67. The number of hydrogen-bond donors (Lipinski definition) is 2. The summed E-state index contributed by atoms with van der Waals surface area (Å²) in [6, 6.07) is 21.5. The average molecular weight is 346 g/mol. The largest absolute Gasteiger partial charge is 0.328 e. The van der Waals surface area contributed by atoms with Crippen LogP contribution < -0.4 is 0 Å². The van der Waals surface area contributed by atoms with Crippen molar-refractivity contribution in [3.63, 3.8) is 0 Å². The molecule has 0 fully saturated rings. The summed E-state index contributed by atoms with van der Waals surface area (Å²) in [7, 11) is -2.19. The Labute approximate surface area is 146 Å². The van der Waals surface area contributed by atoms with Gasteiger partial charge in [-0.3, -0.25) is 0 Å². The molecule has 3 nitrogen and oxygen atoms in total. The van der Waals surface area contributed by atoms with Gasteiger partial charge in [0.05, 0.1) is 6.61 Å². The molecule has 0 aliphatic heterocycles. The fourth-order valence-corrected chi connectivity index (χ4v) is 3.32. The summed E-state index contributed by atoms with van der Waals surface area (Å²) in [6.45, 7) is 0.440. The van der Waals surface area contributed by atoms with Crippen molar-refractivity contribution in [2.75, 3.05) is 6.61 Å². The van der Waals surface area contributed by atoms with Crippen LogP contribution in [0.15, 0.2) is 60.7 Å². The Bertz CT molecular complexity index is 506. The molecule has 0 spiro atoms. The van der Waals surface area contributed by atoms with E-state index in [0.29, 0.717) is 12.5 Å². The van der Waals surface area contributed by atoms with E-state index in [1.54, 1.807) is 0 Å². The predicted octanol–water partition coefficient (Wildman–Crippen LogP) is 5.39. The van der Waals surface area contributed by atoms with Crippen molar-refractivity contribution in [1.29, 1.82) is 0 Å². The first-order chi connectivity index (χ1) is 11.8. The fraction of sp³-hybridized carbons (Fsp3) is 0.400. The molecule has 2 aromatic rings. The molecule has 0 bridgehead atoms. The zero-order valence-electron chi connectivity index (χ0n) is 14.1. The van der Waals surface area contributed by atoms with Gasteiger partial charge in [0.2, 0.25) is 0 Å². The highest BCUT2D eigenvalue weighted by atomic mass is 31.2. The van der Waals surface area contributed by atoms with Gasteiger partial charge in [-0.2, -0.15) is 0 Å². The summed E-state index contributed by atoms with van der Waals surface area (Å²) in [4.78, 5) is 17.3. The standard InChI is InChI=1S/C20H27O3P/c21-24(22)23-17-11-3-1-2-10-16-20(18-12-6-4-7-13-18)19-14-8-5-9-15-19/h4-9,12-15,20-22H,1-3,10-11,16-17H2. The third-order valence-corrected chi connectivity index (χ3v) is 4.66. The topological polar surface area (TPSA) is 49.7 Å². The average Bonchev–Trinajstić information content (AvgIpc) is 2.62. The van der Waals surface area contributed by atoms with Crippen molar-refractivity contribution < 1.29 is 14.3 Å². The lowest BCUT2D eigenvalue weighted by Gasteiger charge is -2.18. The second-order valence-electron chi connectivity index (χ2n) is 6.02. The van der Waals surface area contributed by atoms with E-state index in [9.17, 15) is 0 Å². The Morgan fingerprint density at radius 2 is 1.21 bits per heavy atom. The lowest BCUT2D eigenvalue weighted by atomic mass is 9.87. The molecule has 2 rings (SSSR count). The van der Waals surface area contributed by atoms with Crippen molar-refractivity contribution in [3.05, 3.63) is 71.8 Å². The lowest BCUT2D eigenvalue weighted by Crippen LogP contribution is -2.01. The predicted molar refractivity (Wildman–Crippen MR) is 99.7 cm³/mol. The third-order valence-electron chi connectivity index (χ3n) is 4.25. The van der Waals surface area contributed by atoms with Crippen molar-refractivity contribution >= 4 is 8.60 Å². The summed E-state index contributed by atoms with van der Waals surface area (Å²) in [5.74, 6) is 0.461. The highest BCUT2D eigenvalue weighted by Gasteiger charge is 2.13. The molecule has 2 N–H and O–H groups in total. The zero-order valence-corrected chi connectivity index (χ0v) is 14.9. The van der Waals surface area contributed by atoms with Crippen LogP contribution in [0.4, 0.5) is 0 Å². The second-order valence-corrected chi connectivity index (χ2v) is 6.78. The van der Waals surface area contributed by atoms with Crippen LogP contribution in [0.5, 0.6) is 0 Å². The van der Waals surface area contributed by atoms with Gasteiger partial charge in [0.15, 0.2) is 0 Å². The van der Waals surface area contributed by atoms with Gasteiger partial charge in [0.25, 0.3) is 0 Å². The second kappa shape index (κ2) is 11.3. The number of rotatable bonds is 11. The van der Waals surface area contributed by atoms with Crippen LogP contribution in [0.1, 0.15) is 55.6 Å². The maximum atomic E-state index is 8.67. The molecular weight excluding hydrogens is 319 g/mol. The monoisotopic (exact) mass is 346 g/mol. The Morgan fingerprint density at radius 3 is 1.75 bits per heavy atom. The van der Waals surface area contributed by atoms with E-state index in [-0.39, 0.29) is 0 Å². The Hall–Kier alpha value is -1.25. The minimum Gasteiger partial charge on any atom is -0.328 e. The molecule has 0 unspecified atom stereocenters. The molecule has 0 saturated carbocycles. The zero-order chi connectivity index (χ0) is 17.0. The molecule has 2 aromatic carbocycles. The molecule has 4 heteroatoms. The molecular formula is C20H27O3P. The molecule has 0 saturated heterocycles. The first-order valence-corrected chi connectivity index (χ1v) is 9.84. The van der Waals surface area contributed by atoms with Gasteiger partial charge in [0.1, 0.15) is 0 Å². The molecule has 0 atom stereocenters. The summed E-state index contributed by atoms with van der Waals surface area (Å²) in [5, 5.41) is 0. The van der Waals surface area contributed by atoms with E-state index < -0.39 is 8.60 Å². The molecule has 130 valence electrons. The molecule has 24 heavy (non-hydrogen) atoms. The van der Waals surface area contributed by atoms with E-state index in [2.05, 4.69) is 60.7 Å². The van der Waals surface area contributed by atoms with Crippen LogP contribution in [0.3, 0.4) is 0 Å². The SMILES string of the molecule is OP(O)OCCCCCCCC(c1ccccc1)c1ccccc1. The van der Waals surface area contributed by atoms with E-state index in [1.165, 1.54) is 24.0 Å². The fourth-order valence-electron chi connectivity index (χ4n) is 3.02. The normalized spacial score (nSPS) is 11.3. The molecule has 0 aliphatic rings. The van der Waals surface area contributed by atoms with E-state index in [0.717, 1.165) is 25.7 Å². The van der Waals surface area contributed by atoms with Gasteiger partial charge in [-0.1, -0.05) is 86.3 Å². The summed E-state index contributed by atoms with van der Waals surface area (Å²) >= 11 is 0. The van der Waals surface area contributed by atoms with Crippen LogP contribution in [-0.4, -0.2) is 16.4 Å². The number of benzene rings is 2. The Morgan fingerprint density at radius 1 is 0.708 bits per heavy atom. The first kappa shape index (κ1) is 19.1. The van der Waals surface area contributed by atoms with Crippen LogP contribution in [0.25, 0.3) is 0 Å². The van der Waals surface area contributed by atoms with Gasteiger partial charge in [-0.15, -0.1) is 0 Å².